The molecule has 0 radical (unpaired) electrons. The summed E-state index contributed by atoms with van der Waals surface area (Å²) in [6.45, 7) is 8.66. The fraction of sp³-hybridized carbons (Fsp3) is 0.846. The van der Waals surface area contributed by atoms with Crippen molar-refractivity contribution in [3.8, 4) is 0 Å². The predicted molar refractivity (Wildman–Crippen MR) is 71.0 cm³/mol. The molecule has 0 aromatic heterocycles. The van der Waals surface area contributed by atoms with Crippen molar-refractivity contribution in [1.29, 1.82) is 0 Å². The largest absolute Gasteiger partial charge is 0.481 e. The molecule has 0 spiro atoms. The lowest BCUT2D eigenvalue weighted by Gasteiger charge is -2.30. The molecular formula is C13H24N2O4. The number of amides is 2. The Bertz CT molecular complexity index is 364. The Hall–Kier alpha value is -1.30. The van der Waals surface area contributed by atoms with E-state index in [0.29, 0.717) is 6.54 Å². The van der Waals surface area contributed by atoms with Gasteiger partial charge in [0.15, 0.2) is 0 Å². The van der Waals surface area contributed by atoms with Crippen LogP contribution >= 0.6 is 0 Å². The molecule has 19 heavy (non-hydrogen) atoms. The zero-order chi connectivity index (χ0) is 14.8. The quantitative estimate of drug-likeness (QED) is 0.808. The number of ether oxygens (including phenoxy) is 1. The molecule has 0 saturated carbocycles. The lowest BCUT2D eigenvalue weighted by atomic mass is 9.85. The van der Waals surface area contributed by atoms with Crippen LogP contribution in [-0.4, -0.2) is 54.9 Å². The highest BCUT2D eigenvalue weighted by Gasteiger charge is 2.47. The summed E-state index contributed by atoms with van der Waals surface area (Å²) in [6.07, 6.45) is 0. The monoisotopic (exact) mass is 272 g/mol. The van der Waals surface area contributed by atoms with Crippen LogP contribution in [0.2, 0.25) is 0 Å². The molecule has 0 aromatic carbocycles. The van der Waals surface area contributed by atoms with Crippen LogP contribution in [0.15, 0.2) is 0 Å². The van der Waals surface area contributed by atoms with E-state index >= 15 is 0 Å². The van der Waals surface area contributed by atoms with Gasteiger partial charge in [0, 0.05) is 13.6 Å². The molecule has 6 heteroatoms. The summed E-state index contributed by atoms with van der Waals surface area (Å²) in [6, 6.07) is -0.766. The fourth-order valence-electron chi connectivity index (χ4n) is 2.13. The number of nitrogens with zero attached hydrogens (tertiary/aromatic N) is 1. The number of carbonyl (C=O) groups excluding carboxylic acids is 1. The third-order valence-electron chi connectivity index (χ3n) is 3.30. The molecule has 1 aliphatic rings. The highest BCUT2D eigenvalue weighted by Crippen LogP contribution is 2.28. The number of carboxylic acids is 1. The maximum Gasteiger partial charge on any atom is 0.317 e. The van der Waals surface area contributed by atoms with E-state index < -0.39 is 17.4 Å². The number of aliphatic carboxylic acids is 1. The standard InChI is InChI=1S/C13H24N2O4/c1-12(2,3)7-15(5)11(18)14-9-6-19-8-13(9,4)10(16)17/h9H,6-8H2,1-5H3,(H,14,18)(H,16,17). The SMILES string of the molecule is CN(CC(C)(C)C)C(=O)NC1COCC1(C)C(=O)O. The highest BCUT2D eigenvalue weighted by atomic mass is 16.5. The number of carbonyl (C=O) groups is 2. The van der Waals surface area contributed by atoms with E-state index in [1.165, 1.54) is 0 Å². The van der Waals surface area contributed by atoms with Crippen LogP contribution in [-0.2, 0) is 9.53 Å². The van der Waals surface area contributed by atoms with Crippen molar-refractivity contribution in [3.05, 3.63) is 0 Å². The first-order chi connectivity index (χ1) is 8.56. The van der Waals surface area contributed by atoms with Crippen LogP contribution in [0.3, 0.4) is 0 Å². The van der Waals surface area contributed by atoms with E-state index in [1.54, 1.807) is 18.9 Å². The van der Waals surface area contributed by atoms with Gasteiger partial charge in [-0.25, -0.2) is 4.79 Å². The van der Waals surface area contributed by atoms with E-state index in [2.05, 4.69) is 5.32 Å². The normalized spacial score (nSPS) is 27.1. The minimum Gasteiger partial charge on any atom is -0.481 e. The van der Waals surface area contributed by atoms with Gasteiger partial charge in [0.05, 0.1) is 19.3 Å². The number of urea groups is 1. The number of carboxylic acid groups (broad SMARTS) is 1. The molecule has 2 N–H and O–H groups in total. The van der Waals surface area contributed by atoms with E-state index in [1.807, 2.05) is 20.8 Å². The predicted octanol–water partition coefficient (Wildman–Crippen LogP) is 1.16. The first-order valence-corrected chi connectivity index (χ1v) is 6.39. The van der Waals surface area contributed by atoms with Gasteiger partial charge in [-0.3, -0.25) is 4.79 Å². The van der Waals surface area contributed by atoms with Gasteiger partial charge in [-0.05, 0) is 12.3 Å². The van der Waals surface area contributed by atoms with E-state index in [0.717, 1.165) is 0 Å². The van der Waals surface area contributed by atoms with Crippen LogP contribution in [0.4, 0.5) is 4.79 Å². The smallest absolute Gasteiger partial charge is 0.317 e. The number of hydrogen-bond donors (Lipinski definition) is 2. The number of nitrogens with one attached hydrogen (secondary N) is 1. The van der Waals surface area contributed by atoms with E-state index in [4.69, 9.17) is 4.74 Å². The van der Waals surface area contributed by atoms with Gasteiger partial charge in [-0.2, -0.15) is 0 Å². The molecule has 2 atom stereocenters. The van der Waals surface area contributed by atoms with Gasteiger partial charge in [-0.1, -0.05) is 20.8 Å². The Balaban J connectivity index is 2.64. The summed E-state index contributed by atoms with van der Waals surface area (Å²) < 4.78 is 5.20. The third kappa shape index (κ3) is 3.83. The summed E-state index contributed by atoms with van der Waals surface area (Å²) >= 11 is 0. The molecular weight excluding hydrogens is 248 g/mol. The molecule has 6 nitrogen and oxygen atoms in total. The number of rotatable bonds is 3. The van der Waals surface area contributed by atoms with Gasteiger partial charge in [0.1, 0.15) is 5.41 Å². The summed E-state index contributed by atoms with van der Waals surface area (Å²) in [5.74, 6) is -0.950. The van der Waals surface area contributed by atoms with Crippen LogP contribution in [0, 0.1) is 10.8 Å². The molecule has 2 unspecified atom stereocenters. The van der Waals surface area contributed by atoms with Crippen molar-refractivity contribution < 1.29 is 19.4 Å². The van der Waals surface area contributed by atoms with Crippen LogP contribution in [0.25, 0.3) is 0 Å². The molecule has 2 amide bonds. The second kappa shape index (κ2) is 5.36. The Morgan fingerprint density at radius 2 is 2.05 bits per heavy atom. The molecule has 0 aromatic rings. The summed E-state index contributed by atoms with van der Waals surface area (Å²) in [4.78, 5) is 24.9. The molecule has 110 valence electrons. The molecule has 0 bridgehead atoms. The summed E-state index contributed by atoms with van der Waals surface area (Å²) in [5, 5.41) is 12.0. The van der Waals surface area contributed by atoms with Gasteiger partial charge in [0.2, 0.25) is 0 Å². The average Bonchev–Trinajstić information content (AvgIpc) is 2.59. The van der Waals surface area contributed by atoms with Crippen molar-refractivity contribution in [2.24, 2.45) is 10.8 Å². The topological polar surface area (TPSA) is 78.9 Å². The van der Waals surface area contributed by atoms with Crippen LogP contribution in [0.1, 0.15) is 27.7 Å². The van der Waals surface area contributed by atoms with Gasteiger partial charge >= 0.3 is 12.0 Å². The van der Waals surface area contributed by atoms with Crippen molar-refractivity contribution in [3.63, 3.8) is 0 Å². The summed E-state index contributed by atoms with van der Waals surface area (Å²) in [7, 11) is 1.70. The molecule has 1 aliphatic heterocycles. The van der Waals surface area contributed by atoms with Gasteiger partial charge in [-0.15, -0.1) is 0 Å². The van der Waals surface area contributed by atoms with E-state index in [-0.39, 0.29) is 24.7 Å². The third-order valence-corrected chi connectivity index (χ3v) is 3.30. The second-order valence-corrected chi connectivity index (χ2v) is 6.66. The molecule has 1 saturated heterocycles. The Morgan fingerprint density at radius 3 is 2.53 bits per heavy atom. The number of hydrogen-bond acceptors (Lipinski definition) is 3. The van der Waals surface area contributed by atoms with Crippen molar-refractivity contribution in [2.45, 2.75) is 33.7 Å². The molecule has 1 fully saturated rings. The van der Waals surface area contributed by atoms with Crippen LogP contribution < -0.4 is 5.32 Å². The Labute approximate surface area is 114 Å². The van der Waals surface area contributed by atoms with Crippen LogP contribution in [0.5, 0.6) is 0 Å². The second-order valence-electron chi connectivity index (χ2n) is 6.66. The van der Waals surface area contributed by atoms with Crippen molar-refractivity contribution >= 4 is 12.0 Å². The zero-order valence-corrected chi connectivity index (χ0v) is 12.3. The first-order valence-electron chi connectivity index (χ1n) is 6.39. The average molecular weight is 272 g/mol. The molecule has 1 rings (SSSR count). The first kappa shape index (κ1) is 15.8. The lowest BCUT2D eigenvalue weighted by molar-refractivity contribution is -0.148. The Morgan fingerprint density at radius 1 is 1.47 bits per heavy atom. The minimum absolute atomic E-state index is 0.00559. The van der Waals surface area contributed by atoms with Gasteiger partial charge in [0.25, 0.3) is 0 Å². The maximum atomic E-state index is 12.1. The fourth-order valence-corrected chi connectivity index (χ4v) is 2.13. The maximum absolute atomic E-state index is 12.1. The summed E-state index contributed by atoms with van der Waals surface area (Å²) in [5.41, 5.74) is -1.06. The molecule has 1 heterocycles. The lowest BCUT2D eigenvalue weighted by Crippen LogP contribution is -2.53. The van der Waals surface area contributed by atoms with Crippen molar-refractivity contribution in [2.75, 3.05) is 26.8 Å². The molecule has 0 aliphatic carbocycles. The highest BCUT2D eigenvalue weighted by molar-refractivity contribution is 5.79. The van der Waals surface area contributed by atoms with Gasteiger partial charge < -0.3 is 20.1 Å². The van der Waals surface area contributed by atoms with Crippen molar-refractivity contribution in [1.82, 2.24) is 10.2 Å². The van der Waals surface area contributed by atoms with E-state index in [9.17, 15) is 14.7 Å². The Kier molecular flexibility index (Phi) is 4.45. The minimum atomic E-state index is -1.06. The zero-order valence-electron chi connectivity index (χ0n) is 12.3.